The van der Waals surface area contributed by atoms with E-state index in [1.807, 2.05) is 19.9 Å². The molecule has 0 bridgehead atoms. The van der Waals surface area contributed by atoms with Crippen LogP contribution < -0.4 is 31.9 Å². The van der Waals surface area contributed by atoms with Crippen LogP contribution in [0.4, 0.5) is 10.5 Å². The van der Waals surface area contributed by atoms with Gasteiger partial charge in [-0.3, -0.25) is 57.7 Å². The molecule has 3 aliphatic rings. The fourth-order valence-corrected chi connectivity index (χ4v) is 12.6. The number of anilines is 1. The van der Waals surface area contributed by atoms with Crippen molar-refractivity contribution in [1.29, 1.82) is 0 Å². The summed E-state index contributed by atoms with van der Waals surface area (Å²) in [6.45, 7) is 15.3. The van der Waals surface area contributed by atoms with Gasteiger partial charge in [-0.15, -0.1) is 0 Å². The maximum absolute atomic E-state index is 14.8. The zero-order chi connectivity index (χ0) is 75.3. The van der Waals surface area contributed by atoms with Crippen LogP contribution in [0, 0.1) is 29.6 Å². The van der Waals surface area contributed by atoms with Crippen molar-refractivity contribution < 1.29 is 102 Å². The van der Waals surface area contributed by atoms with Crippen LogP contribution in [0.1, 0.15) is 119 Å². The zero-order valence-electron chi connectivity index (χ0n) is 60.2. The number of methoxy groups -OCH3 is 2. The Morgan fingerprint density at radius 2 is 1.35 bits per heavy atom. The van der Waals surface area contributed by atoms with Crippen LogP contribution >= 0.6 is 0 Å². The Hall–Kier alpha value is -8.01. The van der Waals surface area contributed by atoms with E-state index >= 15 is 0 Å². The molecule has 31 nitrogen and oxygen atoms in total. The van der Waals surface area contributed by atoms with Crippen LogP contribution in [0.2, 0.25) is 0 Å². The van der Waals surface area contributed by atoms with E-state index in [4.69, 9.17) is 23.7 Å². The van der Waals surface area contributed by atoms with Crippen molar-refractivity contribution in [1.82, 2.24) is 46.2 Å². The number of nitrogens with zero attached hydrogens (tertiary/aromatic N) is 4. The second-order valence-electron chi connectivity index (χ2n) is 27.1. The summed E-state index contributed by atoms with van der Waals surface area (Å²) in [5.74, 6) is -8.70. The van der Waals surface area contributed by atoms with E-state index in [9.17, 15) is 78.3 Å². The third kappa shape index (κ3) is 22.7. The third-order valence-electron chi connectivity index (χ3n) is 18.7. The van der Waals surface area contributed by atoms with Gasteiger partial charge in [-0.1, -0.05) is 111 Å². The fourth-order valence-electron chi connectivity index (χ4n) is 12.6. The summed E-state index contributed by atoms with van der Waals surface area (Å²) in [5.41, 5.74) is 1.24. The van der Waals surface area contributed by atoms with Crippen molar-refractivity contribution in [2.24, 2.45) is 29.6 Å². The molecule has 3 heterocycles. The molecule has 2 saturated heterocycles. The lowest BCUT2D eigenvalue weighted by Crippen LogP contribution is -2.60. The number of aliphatic hydroxyl groups is 5. The van der Waals surface area contributed by atoms with Crippen molar-refractivity contribution in [3.8, 4) is 0 Å². The zero-order valence-corrected chi connectivity index (χ0v) is 60.2. The minimum absolute atomic E-state index is 0.119. The summed E-state index contributed by atoms with van der Waals surface area (Å²) < 4.78 is 28.8. The van der Waals surface area contributed by atoms with Crippen molar-refractivity contribution in [2.45, 2.75) is 199 Å². The molecule has 2 aromatic rings. The molecule has 0 aliphatic carbocycles. The molecule has 2 fully saturated rings. The molecule has 31 heteroatoms. The Morgan fingerprint density at radius 1 is 0.713 bits per heavy atom. The number of benzene rings is 2. The lowest BCUT2D eigenvalue weighted by atomic mass is 9.89. The fraction of sp³-hybridized carbons (Fsp3) is 0.643. The van der Waals surface area contributed by atoms with Crippen molar-refractivity contribution in [3.05, 3.63) is 77.9 Å². The molecule has 101 heavy (non-hydrogen) atoms. The average molecular weight is 1420 g/mol. The number of hydrogen-bond donors (Lipinski definition) is 11. The van der Waals surface area contributed by atoms with Gasteiger partial charge >= 0.3 is 6.09 Å². The number of likely N-dealkylation sites (N-methyl/N-ethyl adjacent to an activating group) is 2. The minimum Gasteiger partial charge on any atom is -0.445 e. The van der Waals surface area contributed by atoms with Crippen LogP contribution in [-0.2, 0) is 78.2 Å². The SMILES string of the molecule is CC[C@H](C)[C@@H]([C@@H](CC(=O)N1CCC[C@H]1[C@H](OC)[C@@H](C)C(=O)N[C@H](C)[C@@H](O)c1ccccc1)OC)N(C)C(=O)[C@@H](NC(=O)[C@H](C(C)C)N(C)C(=O)OCc1ccc(NC(=O)[C@H](CO[C@@H]2O[C@H](CO)[C@@H](O)[C@H](O)[C@H]2O)NC(=O)[C@@H](NC(=O)CCNC(=O)CN2C(=O)C=CC2=O)C(C)C)cc1)C(C)C. The number of hydrogen-bond acceptors (Lipinski definition) is 21. The maximum atomic E-state index is 14.8. The van der Waals surface area contributed by atoms with Gasteiger partial charge in [0.2, 0.25) is 47.3 Å². The van der Waals surface area contributed by atoms with Crippen LogP contribution in [-0.4, -0.2) is 257 Å². The molecule has 11 amide bonds. The number of carbonyl (C=O) groups is 11. The van der Waals surface area contributed by atoms with Gasteiger partial charge in [-0.25, -0.2) is 4.79 Å². The molecular weight excluding hydrogens is 1320 g/mol. The molecule has 0 spiro atoms. The topological polar surface area (TPSA) is 420 Å². The van der Waals surface area contributed by atoms with Gasteiger partial charge in [0.15, 0.2) is 6.29 Å². The summed E-state index contributed by atoms with van der Waals surface area (Å²) in [4.78, 5) is 154. The summed E-state index contributed by atoms with van der Waals surface area (Å²) >= 11 is 0. The van der Waals surface area contributed by atoms with E-state index in [1.54, 1.807) is 91.6 Å². The first-order valence-corrected chi connectivity index (χ1v) is 34.3. The Bertz CT molecular complexity index is 3140. The second-order valence-corrected chi connectivity index (χ2v) is 27.1. The highest BCUT2D eigenvalue weighted by atomic mass is 16.7. The van der Waals surface area contributed by atoms with E-state index < -0.39 is 188 Å². The van der Waals surface area contributed by atoms with Gasteiger partial charge in [-0.2, -0.15) is 0 Å². The molecule has 0 saturated carbocycles. The highest BCUT2D eigenvalue weighted by Crippen LogP contribution is 2.31. The van der Waals surface area contributed by atoms with Gasteiger partial charge in [-0.05, 0) is 66.7 Å². The highest BCUT2D eigenvalue weighted by Gasteiger charge is 2.47. The van der Waals surface area contributed by atoms with Gasteiger partial charge < -0.3 is 90.9 Å². The van der Waals surface area contributed by atoms with E-state index in [-0.39, 0.29) is 49.4 Å². The summed E-state index contributed by atoms with van der Waals surface area (Å²) in [6, 6.07) is 8.04. The number of rotatable bonds is 37. The monoisotopic (exact) mass is 1420 g/mol. The largest absolute Gasteiger partial charge is 0.445 e. The first-order chi connectivity index (χ1) is 47.7. The Kier molecular flexibility index (Phi) is 32.7. The number of aliphatic hydroxyl groups excluding tert-OH is 5. The lowest BCUT2D eigenvalue weighted by molar-refractivity contribution is -0.301. The highest BCUT2D eigenvalue weighted by molar-refractivity contribution is 6.14. The molecule has 0 aromatic heterocycles. The lowest BCUT2D eigenvalue weighted by Gasteiger charge is -2.41. The third-order valence-corrected chi connectivity index (χ3v) is 18.7. The van der Waals surface area contributed by atoms with E-state index in [2.05, 4.69) is 31.9 Å². The number of amides is 11. The maximum Gasteiger partial charge on any atom is 0.410 e. The molecule has 5 rings (SSSR count). The van der Waals surface area contributed by atoms with Crippen molar-refractivity contribution in [3.63, 3.8) is 0 Å². The predicted octanol–water partition coefficient (Wildman–Crippen LogP) is 0.391. The first-order valence-electron chi connectivity index (χ1n) is 34.3. The van der Waals surface area contributed by atoms with Crippen LogP contribution in [0.3, 0.4) is 0 Å². The Labute approximate surface area is 590 Å². The Balaban J connectivity index is 1.21. The average Bonchev–Trinajstić information content (AvgIpc) is 1.73. The predicted molar refractivity (Wildman–Crippen MR) is 365 cm³/mol. The molecular formula is C70H106N10O21. The summed E-state index contributed by atoms with van der Waals surface area (Å²) in [7, 11) is 5.98. The molecule has 3 aliphatic heterocycles. The number of likely N-dealkylation sites (tertiary alicyclic amines) is 1. The van der Waals surface area contributed by atoms with Gasteiger partial charge in [0.25, 0.3) is 11.8 Å². The molecule has 0 unspecified atom stereocenters. The molecule has 562 valence electrons. The standard InChI is InChI=1S/C70H106N10O21/c1-15-40(8)58(48(97-13)32-54(86)79-31-19-22-47(79)63(98-14)41(9)64(91)72-42(10)59(87)44-20-17-16-18-21-44)77(11)68(95)56(38(4)5)76-67(94)57(39(6)7)78(12)70(96)100-35-43-23-25-45(26-24-43)73-65(92)46(36-99-69-62(90)61(89)60(88)49(34-81)101-69)74-66(93)55(37(2)3)75-50(82)29-30-71-51(83)33-80-52(84)27-28-53(80)85/h16-18,20-21,23-28,37-42,46-49,55-63,69,81,87-90H,15,19,22,29-36H2,1-14H3,(H,71,83)(H,72,91)(H,73,92)(H,74,93)(H,75,82)(H,76,94)/t40-,41+,42+,46-,47-,48+,49+,55-,56-,57-,58-,59+,60+,61-,62+,63+,69+/m0/s1. The second kappa shape index (κ2) is 39.4. The van der Waals surface area contributed by atoms with E-state index in [0.717, 1.165) is 17.1 Å². The molecule has 17 atom stereocenters. The van der Waals surface area contributed by atoms with Crippen LogP contribution in [0.15, 0.2) is 66.7 Å². The Morgan fingerprint density at radius 3 is 1.92 bits per heavy atom. The van der Waals surface area contributed by atoms with E-state index in [1.165, 1.54) is 50.4 Å². The molecule has 0 radical (unpaired) electrons. The van der Waals surface area contributed by atoms with Crippen molar-refractivity contribution in [2.75, 3.05) is 66.5 Å². The number of ether oxygens (including phenoxy) is 5. The number of imide groups is 1. The van der Waals surface area contributed by atoms with Gasteiger partial charge in [0.1, 0.15) is 61.7 Å². The van der Waals surface area contributed by atoms with Gasteiger partial charge in [0, 0.05) is 65.7 Å². The van der Waals surface area contributed by atoms with Crippen molar-refractivity contribution >= 4 is 70.9 Å². The smallest absolute Gasteiger partial charge is 0.410 e. The molecule has 2 aromatic carbocycles. The first kappa shape index (κ1) is 83.6. The van der Waals surface area contributed by atoms with Crippen LogP contribution in [0.5, 0.6) is 0 Å². The van der Waals surface area contributed by atoms with Crippen LogP contribution in [0.25, 0.3) is 0 Å². The normalized spacial score (nSPS) is 21.6. The molecule has 11 N–H and O–H groups in total. The summed E-state index contributed by atoms with van der Waals surface area (Å²) in [5, 5.41) is 68.1. The number of nitrogens with one attached hydrogen (secondary N) is 6. The summed E-state index contributed by atoms with van der Waals surface area (Å²) in [6.07, 6.45) is -8.49. The quantitative estimate of drug-likeness (QED) is 0.0408. The van der Waals surface area contributed by atoms with Gasteiger partial charge in [0.05, 0.1) is 62.0 Å². The minimum atomic E-state index is -1.87. The van der Waals surface area contributed by atoms with E-state index in [0.29, 0.717) is 41.8 Å². The number of carbonyl (C=O) groups excluding carboxylic acids is 11.